The molecule has 8 nitrogen and oxygen atoms in total. The van der Waals surface area contributed by atoms with Crippen LogP contribution in [0.15, 0.2) is 79.4 Å². The minimum absolute atomic E-state index is 0.0346. The smallest absolute Gasteiger partial charge is 0.257 e. The van der Waals surface area contributed by atoms with Crippen LogP contribution in [0.5, 0.6) is 0 Å². The molecule has 3 heterocycles. The number of carbonyl (C=O) groups is 1. The number of pyridine rings is 1. The van der Waals surface area contributed by atoms with Gasteiger partial charge in [-0.3, -0.25) is 9.78 Å². The number of anilines is 1. The van der Waals surface area contributed by atoms with Crippen molar-refractivity contribution in [2.75, 3.05) is 5.32 Å². The molecule has 0 aliphatic carbocycles. The van der Waals surface area contributed by atoms with Gasteiger partial charge in [-0.1, -0.05) is 66.5 Å². The van der Waals surface area contributed by atoms with E-state index in [4.69, 9.17) is 32.7 Å². The summed E-state index contributed by atoms with van der Waals surface area (Å²) in [6.45, 7) is 2.44. The van der Waals surface area contributed by atoms with Crippen LogP contribution < -0.4 is 5.32 Å². The minimum atomic E-state index is -0.716. The average molecular weight is 553 g/mol. The first kappa shape index (κ1) is 26.3. The van der Waals surface area contributed by atoms with Crippen molar-refractivity contribution in [2.45, 2.75) is 38.6 Å². The summed E-state index contributed by atoms with van der Waals surface area (Å²) < 4.78 is 14.7. The molecule has 196 valence electrons. The summed E-state index contributed by atoms with van der Waals surface area (Å²) in [6, 6.07) is 18.5. The number of nitrogens with zero attached hydrogens (tertiary/aromatic N) is 3. The largest absolute Gasteiger partial charge is 0.392 e. The minimum Gasteiger partial charge on any atom is -0.392 e. The van der Waals surface area contributed by atoms with Gasteiger partial charge in [-0.15, -0.1) is 0 Å². The average Bonchev–Trinajstić information content (AvgIpc) is 3.27. The Kier molecular flexibility index (Phi) is 8.06. The van der Waals surface area contributed by atoms with E-state index in [2.05, 4.69) is 22.2 Å². The Balaban J connectivity index is 1.42. The number of rotatable bonds is 7. The van der Waals surface area contributed by atoms with Gasteiger partial charge in [-0.2, -0.15) is 0 Å². The third-order valence-electron chi connectivity index (χ3n) is 6.57. The lowest BCUT2D eigenvalue weighted by Crippen LogP contribution is -2.39. The van der Waals surface area contributed by atoms with Crippen LogP contribution in [0.3, 0.4) is 0 Å². The second kappa shape index (κ2) is 11.6. The Hall–Kier alpha value is -3.27. The third kappa shape index (κ3) is 5.75. The molecule has 0 saturated carbocycles. The number of benzene rings is 2. The Morgan fingerprint density at radius 2 is 1.89 bits per heavy atom. The molecule has 1 saturated heterocycles. The van der Waals surface area contributed by atoms with E-state index >= 15 is 0 Å². The molecule has 1 aliphatic rings. The van der Waals surface area contributed by atoms with Gasteiger partial charge in [0.1, 0.15) is 5.15 Å². The first-order valence-corrected chi connectivity index (χ1v) is 12.9. The monoisotopic (exact) mass is 552 g/mol. The van der Waals surface area contributed by atoms with E-state index in [9.17, 15) is 9.90 Å². The molecule has 5 rings (SSSR count). The number of aliphatic hydroxyl groups is 1. The normalized spacial score (nSPS) is 21.3. The van der Waals surface area contributed by atoms with Crippen molar-refractivity contribution in [3.05, 3.63) is 112 Å². The molecule has 1 amide bonds. The van der Waals surface area contributed by atoms with Gasteiger partial charge in [-0.05, 0) is 35.4 Å². The number of nitrogens with one attached hydrogen (secondary N) is 1. The molecule has 0 radical (unpaired) electrons. The van der Waals surface area contributed by atoms with Crippen molar-refractivity contribution in [3.8, 4) is 0 Å². The molecule has 0 spiro atoms. The molecular formula is C28H26Cl2N4O4. The van der Waals surface area contributed by atoms with Crippen molar-refractivity contribution in [3.63, 3.8) is 0 Å². The highest BCUT2D eigenvalue weighted by Gasteiger charge is 2.39. The molecule has 2 aromatic carbocycles. The number of hydrogen-bond donors (Lipinski definition) is 2. The second-order valence-corrected chi connectivity index (χ2v) is 9.84. The molecule has 2 N–H and O–H groups in total. The van der Waals surface area contributed by atoms with Crippen LogP contribution in [-0.4, -0.2) is 31.7 Å². The van der Waals surface area contributed by atoms with E-state index in [0.29, 0.717) is 22.9 Å². The van der Waals surface area contributed by atoms with Crippen LogP contribution in [0.4, 0.5) is 5.69 Å². The highest BCUT2D eigenvalue weighted by molar-refractivity contribution is 6.40. The summed E-state index contributed by atoms with van der Waals surface area (Å²) in [5.74, 6) is -0.322. The van der Waals surface area contributed by atoms with Gasteiger partial charge in [0, 0.05) is 29.6 Å². The highest BCUT2D eigenvalue weighted by atomic mass is 35.5. The number of halogens is 2. The van der Waals surface area contributed by atoms with E-state index in [0.717, 1.165) is 16.7 Å². The van der Waals surface area contributed by atoms with Gasteiger partial charge in [0.25, 0.3) is 5.91 Å². The molecule has 4 aromatic rings. The lowest BCUT2D eigenvalue weighted by atomic mass is 9.90. The van der Waals surface area contributed by atoms with E-state index in [1.165, 1.54) is 6.20 Å². The number of imidazole rings is 1. The highest BCUT2D eigenvalue weighted by Crippen LogP contribution is 2.42. The maximum atomic E-state index is 12.7. The molecular weight excluding hydrogens is 527 g/mol. The number of aliphatic hydroxyl groups excluding tert-OH is 1. The third-order valence-corrected chi connectivity index (χ3v) is 7.34. The number of ether oxygens (including phenoxy) is 2. The Morgan fingerprint density at radius 3 is 2.58 bits per heavy atom. The molecule has 4 atom stereocenters. The molecule has 0 unspecified atom stereocenters. The van der Waals surface area contributed by atoms with Crippen LogP contribution in [0.2, 0.25) is 10.3 Å². The summed E-state index contributed by atoms with van der Waals surface area (Å²) in [4.78, 5) is 20.8. The summed E-state index contributed by atoms with van der Waals surface area (Å²) in [5.41, 5.74) is 3.59. The van der Waals surface area contributed by atoms with Gasteiger partial charge in [0.05, 0.1) is 37.3 Å². The van der Waals surface area contributed by atoms with Gasteiger partial charge in [0.2, 0.25) is 0 Å². The predicted molar refractivity (Wildman–Crippen MR) is 144 cm³/mol. The fraction of sp³-hybridized carbons (Fsp3) is 0.250. The maximum absolute atomic E-state index is 12.7. The van der Waals surface area contributed by atoms with Gasteiger partial charge < -0.3 is 24.5 Å². The van der Waals surface area contributed by atoms with Gasteiger partial charge in [0.15, 0.2) is 11.4 Å². The Morgan fingerprint density at radius 1 is 1.08 bits per heavy atom. The quantitative estimate of drug-likeness (QED) is 0.299. The molecule has 1 aliphatic heterocycles. The van der Waals surface area contributed by atoms with Crippen LogP contribution in [0.25, 0.3) is 0 Å². The predicted octanol–water partition coefficient (Wildman–Crippen LogP) is 5.82. The topological polar surface area (TPSA) is 98.5 Å². The molecule has 10 heteroatoms. The van der Waals surface area contributed by atoms with E-state index in [1.54, 1.807) is 35.3 Å². The summed E-state index contributed by atoms with van der Waals surface area (Å²) >= 11 is 12.4. The van der Waals surface area contributed by atoms with Crippen LogP contribution >= 0.6 is 23.2 Å². The number of hydrogen-bond acceptors (Lipinski definition) is 6. The SMILES string of the molecule is C[C@H]1[C@@H](Cn2cnc(Cl)c2Cl)O[C@@H](c2cccc(NC(=O)c3cccnc3)c2)O[C@H]1c1ccc(CO)cc1. The van der Waals surface area contributed by atoms with Crippen LogP contribution in [0.1, 0.15) is 46.4 Å². The fourth-order valence-corrected chi connectivity index (χ4v) is 4.77. The lowest BCUT2D eigenvalue weighted by Gasteiger charge is -2.41. The van der Waals surface area contributed by atoms with Gasteiger partial charge in [-0.25, -0.2) is 4.98 Å². The number of amides is 1. The first-order chi connectivity index (χ1) is 18.4. The maximum Gasteiger partial charge on any atom is 0.257 e. The Bertz CT molecular complexity index is 1400. The molecule has 0 bridgehead atoms. The lowest BCUT2D eigenvalue weighted by molar-refractivity contribution is -0.276. The summed E-state index contributed by atoms with van der Waals surface area (Å²) in [7, 11) is 0. The molecule has 2 aromatic heterocycles. The summed E-state index contributed by atoms with van der Waals surface area (Å²) in [5, 5.41) is 12.9. The van der Waals surface area contributed by atoms with E-state index in [1.807, 2.05) is 42.5 Å². The van der Waals surface area contributed by atoms with Crippen LogP contribution in [-0.2, 0) is 22.6 Å². The van der Waals surface area contributed by atoms with E-state index < -0.39 is 6.29 Å². The zero-order valence-corrected chi connectivity index (χ0v) is 22.0. The van der Waals surface area contributed by atoms with E-state index in [-0.39, 0.29) is 35.8 Å². The van der Waals surface area contributed by atoms with Crippen molar-refractivity contribution >= 4 is 34.8 Å². The van der Waals surface area contributed by atoms with Crippen LogP contribution in [0, 0.1) is 5.92 Å². The second-order valence-electron chi connectivity index (χ2n) is 9.12. The number of aromatic nitrogens is 3. The first-order valence-electron chi connectivity index (χ1n) is 12.1. The molecule has 1 fully saturated rings. The molecule has 38 heavy (non-hydrogen) atoms. The fourth-order valence-electron chi connectivity index (χ4n) is 4.46. The van der Waals surface area contributed by atoms with Crippen molar-refractivity contribution in [1.29, 1.82) is 0 Å². The summed E-state index contributed by atoms with van der Waals surface area (Å²) in [6.07, 6.45) is 3.40. The van der Waals surface area contributed by atoms with Gasteiger partial charge >= 0.3 is 0 Å². The standard InChI is InChI=1S/C28H26Cl2N4O4/c1-17-23(14-34-16-32-25(29)26(34)30)37-28(38-24(17)19-9-7-18(15-35)8-10-19)20-4-2-6-22(12-20)33-27(36)21-5-3-11-31-13-21/h2-13,16-17,23-24,28,35H,14-15H2,1H3,(H,33,36)/t17-,23+,24+,28+/m0/s1. The number of carbonyl (C=O) groups excluding carboxylic acids is 1. The van der Waals surface area contributed by atoms with Crippen molar-refractivity contribution in [1.82, 2.24) is 14.5 Å². The van der Waals surface area contributed by atoms with Crippen molar-refractivity contribution in [2.24, 2.45) is 5.92 Å². The van der Waals surface area contributed by atoms with Crippen molar-refractivity contribution < 1.29 is 19.4 Å². The zero-order chi connectivity index (χ0) is 26.6. The Labute approximate surface area is 230 Å². The zero-order valence-electron chi connectivity index (χ0n) is 20.5.